The second-order valence-electron chi connectivity index (χ2n) is 31.0. The summed E-state index contributed by atoms with van der Waals surface area (Å²) in [4.78, 5) is 33.3. The fourth-order valence-corrected chi connectivity index (χ4v) is 22.0. The van der Waals surface area contributed by atoms with Crippen LogP contribution < -0.4 is 18.9 Å². The molecule has 12 atom stereocenters. The molecule has 0 saturated heterocycles. The van der Waals surface area contributed by atoms with Crippen molar-refractivity contribution in [3.8, 4) is 56.6 Å². The lowest BCUT2D eigenvalue weighted by Crippen LogP contribution is -2.40. The fourth-order valence-electron chi connectivity index (χ4n) is 22.0. The van der Waals surface area contributed by atoms with Crippen LogP contribution in [0.25, 0.3) is 121 Å². The van der Waals surface area contributed by atoms with Gasteiger partial charge in [0.15, 0.2) is 0 Å². The Kier molecular flexibility index (Phi) is 14.5. The molecule has 0 bridgehead atoms. The van der Waals surface area contributed by atoms with Gasteiger partial charge in [-0.15, -0.1) is 0 Å². The largest absolute Gasteiger partial charge is 0.497 e. The van der Waals surface area contributed by atoms with Crippen molar-refractivity contribution in [2.45, 2.75) is 62.4 Å². The fraction of sp³-hybridized carbons (Fsp3) is 0.229. The molecular weight excluding hydrogens is 1310 g/mol. The van der Waals surface area contributed by atoms with Crippen LogP contribution in [0.2, 0.25) is 0 Å². The summed E-state index contributed by atoms with van der Waals surface area (Å²) in [5, 5.41) is 9.21. The van der Waals surface area contributed by atoms with Crippen LogP contribution >= 0.6 is 0 Å². The number of para-hydroxylation sites is 2. The predicted octanol–water partition coefficient (Wildman–Crippen LogP) is 22.3. The Bertz CT molecular complexity index is 6130. The summed E-state index contributed by atoms with van der Waals surface area (Å²) in [6, 6.07) is 97.4. The summed E-state index contributed by atoms with van der Waals surface area (Å²) in [6.45, 7) is 0. The van der Waals surface area contributed by atoms with Gasteiger partial charge < -0.3 is 37.2 Å². The van der Waals surface area contributed by atoms with Gasteiger partial charge in [0.2, 0.25) is 0 Å². The maximum atomic E-state index is 16.8. The Hall–Kier alpha value is -11.6. The Morgan fingerprint density at radius 3 is 1.06 bits per heavy atom. The lowest BCUT2D eigenvalue weighted by molar-refractivity contribution is -0.129. The minimum atomic E-state index is -0.326. The Morgan fingerprint density at radius 2 is 0.623 bits per heavy atom. The number of benzene rings is 12. The molecule has 5 fully saturated rings. The summed E-state index contributed by atoms with van der Waals surface area (Å²) in [7, 11) is 6.92. The highest BCUT2D eigenvalue weighted by Crippen LogP contribution is 2.67. The molecule has 0 aliphatic heterocycles. The van der Waals surface area contributed by atoms with Crippen molar-refractivity contribution in [1.82, 2.24) is 18.3 Å². The molecule has 4 aromatic heterocycles. The van der Waals surface area contributed by atoms with Gasteiger partial charge in [-0.1, -0.05) is 121 Å². The standard InChI is InChI=1S/C96H80N4O6/c1-103-63-29-37-87-75(47-63)76-48-64(104-2)30-38-88(76)99(87)91-41-42-92(100-89-39-31-65(105-3)49-77(89)78-50-66(106-4)32-40-90(78)100)94-93(91)79-53-70-69-51-67(59-27-35-85-73(45-59)71-43-57(55-17-9-5-10-18-55)25-33-83(71)97(85)61-21-13-7-14-22-61)68(52-80(69)95(101)81(70)54-82(79)96(94)102)60-28-36-86-74(46-60)72-44-58(56-19-11-6-12-20-56)26-34-84(72)98(86)62-23-15-8-16-24-62/h5-40,43-50,67-70,79-82,91-94H,41-42,51-54H2,1-4H3. The number of methoxy groups -OCH3 is 4. The summed E-state index contributed by atoms with van der Waals surface area (Å²) in [5.74, 6) is 3.18. The molecule has 0 N–H and O–H groups in total. The third-order valence-electron chi connectivity index (χ3n) is 26.4. The van der Waals surface area contributed by atoms with Gasteiger partial charge in [0.1, 0.15) is 34.6 Å². The zero-order valence-electron chi connectivity index (χ0n) is 59.8. The summed E-state index contributed by atoms with van der Waals surface area (Å²) in [5.41, 5.74) is 18.6. The molecule has 10 nitrogen and oxygen atoms in total. The smallest absolute Gasteiger partial charge is 0.141 e. The molecule has 520 valence electrons. The van der Waals surface area contributed by atoms with Gasteiger partial charge in [0.25, 0.3) is 0 Å². The van der Waals surface area contributed by atoms with Gasteiger partial charge in [0, 0.05) is 112 Å². The van der Waals surface area contributed by atoms with Crippen LogP contribution in [0, 0.1) is 47.3 Å². The molecule has 10 heteroatoms. The van der Waals surface area contributed by atoms with E-state index in [1.165, 1.54) is 66.0 Å². The maximum absolute atomic E-state index is 16.8. The number of ketones is 2. The number of nitrogens with zero attached hydrogens (tertiary/aromatic N) is 4. The zero-order valence-corrected chi connectivity index (χ0v) is 59.8. The van der Waals surface area contributed by atoms with E-state index in [-0.39, 0.29) is 71.3 Å². The Balaban J connectivity index is 0.734. The lowest BCUT2D eigenvalue weighted by Gasteiger charge is -2.46. The molecule has 0 spiro atoms. The van der Waals surface area contributed by atoms with Gasteiger partial charge in [-0.25, -0.2) is 0 Å². The average molecular weight is 1390 g/mol. The summed E-state index contributed by atoms with van der Waals surface area (Å²) >= 11 is 0. The highest BCUT2D eigenvalue weighted by atomic mass is 16.5. The zero-order chi connectivity index (χ0) is 70.7. The van der Waals surface area contributed by atoms with Gasteiger partial charge in [-0.2, -0.15) is 0 Å². The molecule has 16 aromatic rings. The summed E-state index contributed by atoms with van der Waals surface area (Å²) < 4.78 is 33.8. The number of ether oxygens (including phenoxy) is 4. The van der Waals surface area contributed by atoms with Crippen LogP contribution in [-0.2, 0) is 9.59 Å². The first-order valence-electron chi connectivity index (χ1n) is 38.0. The maximum Gasteiger partial charge on any atom is 0.141 e. The third-order valence-corrected chi connectivity index (χ3v) is 26.4. The van der Waals surface area contributed by atoms with Crippen LogP contribution in [0.5, 0.6) is 23.0 Å². The van der Waals surface area contributed by atoms with Crippen LogP contribution in [0.3, 0.4) is 0 Å². The highest BCUT2D eigenvalue weighted by molar-refractivity contribution is 6.14. The topological polar surface area (TPSA) is 90.8 Å². The van der Waals surface area contributed by atoms with E-state index in [1.54, 1.807) is 28.4 Å². The number of carbonyl (C=O) groups excluding carboxylic acids is 2. The van der Waals surface area contributed by atoms with Crippen LogP contribution in [0.15, 0.2) is 267 Å². The number of fused-ring (bicyclic) bond motifs is 18. The van der Waals surface area contributed by atoms with Crippen molar-refractivity contribution in [1.29, 1.82) is 0 Å². The number of hydrogen-bond donors (Lipinski definition) is 0. The molecular formula is C96H80N4O6. The first-order chi connectivity index (χ1) is 52.2. The normalized spacial score (nSPS) is 23.5. The van der Waals surface area contributed by atoms with E-state index in [0.29, 0.717) is 18.0 Å². The monoisotopic (exact) mass is 1380 g/mol. The molecule has 5 aliphatic rings. The van der Waals surface area contributed by atoms with Crippen molar-refractivity contribution < 1.29 is 28.5 Å². The minimum Gasteiger partial charge on any atom is -0.497 e. The van der Waals surface area contributed by atoms with E-state index in [9.17, 15) is 0 Å². The number of hydrogen-bond acceptors (Lipinski definition) is 6. The molecule has 5 saturated carbocycles. The van der Waals surface area contributed by atoms with Gasteiger partial charge in [0.05, 0.1) is 50.5 Å². The first-order valence-corrected chi connectivity index (χ1v) is 38.0. The molecule has 0 amide bonds. The number of Topliss-reactive ketones (excluding diaryl/α,β-unsaturated/α-hetero) is 2. The van der Waals surface area contributed by atoms with E-state index in [4.69, 9.17) is 18.9 Å². The van der Waals surface area contributed by atoms with Crippen LogP contribution in [0.4, 0.5) is 0 Å². The average Bonchev–Trinajstić information content (AvgIpc) is 1.53. The lowest BCUT2D eigenvalue weighted by atomic mass is 9.60. The molecule has 12 unspecified atom stereocenters. The van der Waals surface area contributed by atoms with Gasteiger partial charge in [-0.3, -0.25) is 9.59 Å². The Morgan fingerprint density at radius 1 is 0.283 bits per heavy atom. The second-order valence-corrected chi connectivity index (χ2v) is 31.0. The van der Waals surface area contributed by atoms with E-state index in [0.717, 1.165) is 121 Å². The Labute approximate surface area is 614 Å². The first kappa shape index (κ1) is 62.9. The van der Waals surface area contributed by atoms with Gasteiger partial charge in [-0.05, 0) is 253 Å². The quantitative estimate of drug-likeness (QED) is 0.121. The van der Waals surface area contributed by atoms with Crippen LogP contribution in [0.1, 0.15) is 73.6 Å². The SMILES string of the molecule is COc1ccc2c(c1)c1cc(OC)ccc1n2C1CCC(n2c3ccc(OC)cc3c3cc(OC)ccc32)C2C3CC4C(CC3C(=O)C21)C(=O)C1CC(c2ccc3c(c2)c2cc(-c5ccccc5)ccc2n3-c2ccccc2)C(c2ccc3c(c2)c2cc(-c5ccccc5)ccc2n3-c2ccccc2)CC14. The van der Waals surface area contributed by atoms with Crippen molar-refractivity contribution in [3.63, 3.8) is 0 Å². The van der Waals surface area contributed by atoms with E-state index in [2.05, 4.69) is 285 Å². The van der Waals surface area contributed by atoms with Gasteiger partial charge >= 0.3 is 0 Å². The molecule has 21 rings (SSSR count). The predicted molar refractivity (Wildman–Crippen MR) is 427 cm³/mol. The molecule has 4 heterocycles. The van der Waals surface area contributed by atoms with E-state index in [1.807, 2.05) is 0 Å². The molecule has 5 aliphatic carbocycles. The minimum absolute atomic E-state index is 0.00897. The number of rotatable bonds is 12. The molecule has 106 heavy (non-hydrogen) atoms. The van der Waals surface area contributed by atoms with E-state index < -0.39 is 0 Å². The van der Waals surface area contributed by atoms with Crippen molar-refractivity contribution >= 4 is 98.8 Å². The van der Waals surface area contributed by atoms with Crippen LogP contribution in [-0.4, -0.2) is 58.3 Å². The van der Waals surface area contributed by atoms with Crippen molar-refractivity contribution in [2.24, 2.45) is 47.3 Å². The van der Waals surface area contributed by atoms with E-state index >= 15 is 9.59 Å². The molecule has 12 aromatic carbocycles. The highest BCUT2D eigenvalue weighted by Gasteiger charge is 2.65. The second kappa shape index (κ2) is 24.5. The van der Waals surface area contributed by atoms with Crippen molar-refractivity contribution in [2.75, 3.05) is 28.4 Å². The van der Waals surface area contributed by atoms with Crippen molar-refractivity contribution in [3.05, 3.63) is 278 Å². The number of aromatic nitrogens is 4. The third kappa shape index (κ3) is 9.47. The summed E-state index contributed by atoms with van der Waals surface area (Å²) in [6.07, 6.45) is 4.66. The molecule has 0 radical (unpaired) electrons. The number of carbonyl (C=O) groups is 2.